The van der Waals surface area contributed by atoms with Gasteiger partial charge in [-0.25, -0.2) is 8.42 Å². The molecular weight excluding hydrogens is 350 g/mol. The second-order valence-corrected chi connectivity index (χ2v) is 9.97. The molecule has 1 N–H and O–H groups in total. The average Bonchev–Trinajstić information content (AvgIpc) is 3.14. The Hall–Kier alpha value is -1.09. The molecule has 3 rings (SSSR count). The Morgan fingerprint density at radius 1 is 1.25 bits per heavy atom. The van der Waals surface area contributed by atoms with Gasteiger partial charge in [-0.2, -0.15) is 0 Å². The standard InChI is InChI=1S/C15H23N3O4S2/c1-10-2-4-12(5-3-10)16-13(19)8-23-15-18-17-14(22-15)11-6-7-24(20,21)9-11/h10-12H,2-9H2,1H3,(H,16,19)/t10?,11-,12?/m1/s1. The molecule has 2 heterocycles. The first-order chi connectivity index (χ1) is 11.4. The third-order valence-electron chi connectivity index (χ3n) is 4.71. The number of hydrogen-bond donors (Lipinski definition) is 1. The minimum Gasteiger partial charge on any atom is -0.416 e. The van der Waals surface area contributed by atoms with Crippen molar-refractivity contribution in [3.8, 4) is 0 Å². The molecule has 2 aliphatic rings. The lowest BCUT2D eigenvalue weighted by Crippen LogP contribution is -2.38. The highest BCUT2D eigenvalue weighted by Gasteiger charge is 2.32. The minimum atomic E-state index is -2.98. The summed E-state index contributed by atoms with van der Waals surface area (Å²) >= 11 is 1.20. The van der Waals surface area contributed by atoms with Gasteiger partial charge in [-0.1, -0.05) is 18.7 Å². The number of nitrogens with zero attached hydrogens (tertiary/aromatic N) is 2. The molecule has 0 spiro atoms. The lowest BCUT2D eigenvalue weighted by molar-refractivity contribution is -0.119. The zero-order valence-electron chi connectivity index (χ0n) is 13.7. The van der Waals surface area contributed by atoms with Crippen molar-refractivity contribution >= 4 is 27.5 Å². The van der Waals surface area contributed by atoms with Crippen molar-refractivity contribution in [3.63, 3.8) is 0 Å². The van der Waals surface area contributed by atoms with Crippen LogP contribution in [0.25, 0.3) is 0 Å². The smallest absolute Gasteiger partial charge is 0.277 e. The van der Waals surface area contributed by atoms with Gasteiger partial charge in [0, 0.05) is 6.04 Å². The van der Waals surface area contributed by atoms with Gasteiger partial charge < -0.3 is 9.73 Å². The summed E-state index contributed by atoms with van der Waals surface area (Å²) in [5.74, 6) is 1.35. The summed E-state index contributed by atoms with van der Waals surface area (Å²) in [6, 6.07) is 0.274. The van der Waals surface area contributed by atoms with E-state index in [0.717, 1.165) is 31.6 Å². The summed E-state index contributed by atoms with van der Waals surface area (Å²) in [5, 5.41) is 11.2. The molecule has 0 aromatic carbocycles. The molecule has 1 atom stereocenters. The number of aromatic nitrogens is 2. The van der Waals surface area contributed by atoms with E-state index in [2.05, 4.69) is 22.4 Å². The Labute approximate surface area is 146 Å². The van der Waals surface area contributed by atoms with Gasteiger partial charge in [-0.3, -0.25) is 4.79 Å². The predicted octanol–water partition coefficient (Wildman–Crippen LogP) is 1.76. The van der Waals surface area contributed by atoms with Crippen molar-refractivity contribution in [2.45, 2.75) is 56.2 Å². The van der Waals surface area contributed by atoms with Crippen molar-refractivity contribution in [1.29, 1.82) is 0 Å². The SMILES string of the molecule is CC1CCC(NC(=O)CSc2nnc([C@@H]3CCS(=O)(=O)C3)o2)CC1. The van der Waals surface area contributed by atoms with E-state index < -0.39 is 9.84 Å². The number of rotatable bonds is 5. The second-order valence-electron chi connectivity index (χ2n) is 6.82. The Balaban J connectivity index is 1.44. The number of carbonyl (C=O) groups is 1. The van der Waals surface area contributed by atoms with Crippen molar-refractivity contribution in [1.82, 2.24) is 15.5 Å². The van der Waals surface area contributed by atoms with E-state index in [1.807, 2.05) is 0 Å². The van der Waals surface area contributed by atoms with Gasteiger partial charge in [0.2, 0.25) is 11.8 Å². The monoisotopic (exact) mass is 373 g/mol. The lowest BCUT2D eigenvalue weighted by Gasteiger charge is -2.26. The molecular formula is C15H23N3O4S2. The zero-order chi connectivity index (χ0) is 17.2. The molecule has 1 saturated heterocycles. The van der Waals surface area contributed by atoms with Crippen LogP contribution in [0, 0.1) is 5.92 Å². The van der Waals surface area contributed by atoms with Crippen LogP contribution in [0.4, 0.5) is 0 Å². The van der Waals surface area contributed by atoms with E-state index in [0.29, 0.717) is 17.5 Å². The maximum atomic E-state index is 12.0. The van der Waals surface area contributed by atoms with Gasteiger partial charge in [0.25, 0.3) is 5.22 Å². The van der Waals surface area contributed by atoms with Gasteiger partial charge in [0.1, 0.15) is 0 Å². The van der Waals surface area contributed by atoms with E-state index in [1.165, 1.54) is 11.8 Å². The summed E-state index contributed by atoms with van der Waals surface area (Å²) in [6.07, 6.45) is 4.93. The van der Waals surface area contributed by atoms with Crippen LogP contribution in [0.15, 0.2) is 9.64 Å². The fourth-order valence-electron chi connectivity index (χ4n) is 3.23. The largest absolute Gasteiger partial charge is 0.416 e. The lowest BCUT2D eigenvalue weighted by atomic mass is 9.87. The highest BCUT2D eigenvalue weighted by molar-refractivity contribution is 7.99. The molecule has 7 nitrogen and oxygen atoms in total. The van der Waals surface area contributed by atoms with E-state index in [1.54, 1.807) is 0 Å². The molecule has 1 aliphatic heterocycles. The maximum Gasteiger partial charge on any atom is 0.277 e. The van der Waals surface area contributed by atoms with Crippen LogP contribution in [-0.2, 0) is 14.6 Å². The maximum absolute atomic E-state index is 12.0. The van der Waals surface area contributed by atoms with Crippen LogP contribution >= 0.6 is 11.8 Å². The molecule has 2 fully saturated rings. The fraction of sp³-hybridized carbons (Fsp3) is 0.800. The first kappa shape index (κ1) is 17.7. The van der Waals surface area contributed by atoms with E-state index >= 15 is 0 Å². The number of hydrogen-bond acceptors (Lipinski definition) is 7. The highest BCUT2D eigenvalue weighted by atomic mass is 32.2. The molecule has 9 heteroatoms. The zero-order valence-corrected chi connectivity index (χ0v) is 15.4. The van der Waals surface area contributed by atoms with Gasteiger partial charge in [-0.05, 0) is 38.0 Å². The molecule has 134 valence electrons. The predicted molar refractivity (Wildman–Crippen MR) is 90.6 cm³/mol. The number of nitrogens with one attached hydrogen (secondary N) is 1. The van der Waals surface area contributed by atoms with Crippen LogP contribution in [0.1, 0.15) is 50.8 Å². The molecule has 1 saturated carbocycles. The topological polar surface area (TPSA) is 102 Å². The highest BCUT2D eigenvalue weighted by Crippen LogP contribution is 2.29. The van der Waals surface area contributed by atoms with Gasteiger partial charge >= 0.3 is 0 Å². The molecule has 0 unspecified atom stereocenters. The average molecular weight is 374 g/mol. The first-order valence-corrected chi connectivity index (χ1v) is 11.2. The molecule has 1 aromatic rings. The first-order valence-electron chi connectivity index (χ1n) is 8.37. The fourth-order valence-corrected chi connectivity index (χ4v) is 5.55. The van der Waals surface area contributed by atoms with E-state index in [9.17, 15) is 13.2 Å². The summed E-state index contributed by atoms with van der Waals surface area (Å²) < 4.78 is 28.5. The Morgan fingerprint density at radius 2 is 2.00 bits per heavy atom. The third-order valence-corrected chi connectivity index (χ3v) is 7.30. The summed E-state index contributed by atoms with van der Waals surface area (Å²) in [4.78, 5) is 12.0. The summed E-state index contributed by atoms with van der Waals surface area (Å²) in [7, 11) is -2.98. The normalized spacial score (nSPS) is 29.5. The molecule has 1 aliphatic carbocycles. The number of carbonyl (C=O) groups excluding carboxylic acids is 1. The number of amides is 1. The molecule has 1 aromatic heterocycles. The van der Waals surface area contributed by atoms with Crippen molar-refractivity contribution < 1.29 is 17.6 Å². The van der Waals surface area contributed by atoms with E-state index in [-0.39, 0.29) is 35.1 Å². The Morgan fingerprint density at radius 3 is 2.67 bits per heavy atom. The van der Waals surface area contributed by atoms with E-state index in [4.69, 9.17) is 4.42 Å². The van der Waals surface area contributed by atoms with Crippen LogP contribution in [-0.4, -0.2) is 47.8 Å². The third kappa shape index (κ3) is 4.72. The second kappa shape index (κ2) is 7.43. The van der Waals surface area contributed by atoms with Crippen LogP contribution in [0.2, 0.25) is 0 Å². The Bertz CT molecular complexity index is 681. The summed E-state index contributed by atoms with van der Waals surface area (Å²) in [6.45, 7) is 2.25. The van der Waals surface area contributed by atoms with Gasteiger partial charge in [-0.15, -0.1) is 10.2 Å². The molecule has 1 amide bonds. The minimum absolute atomic E-state index is 0.0252. The molecule has 24 heavy (non-hydrogen) atoms. The van der Waals surface area contributed by atoms with Crippen LogP contribution < -0.4 is 5.32 Å². The molecule has 0 bridgehead atoms. The van der Waals surface area contributed by atoms with Gasteiger partial charge in [0.05, 0.1) is 23.2 Å². The molecule has 0 radical (unpaired) electrons. The van der Waals surface area contributed by atoms with Gasteiger partial charge in [0.15, 0.2) is 9.84 Å². The van der Waals surface area contributed by atoms with Crippen LogP contribution in [0.3, 0.4) is 0 Å². The number of thioether (sulfide) groups is 1. The van der Waals surface area contributed by atoms with Crippen molar-refractivity contribution in [2.24, 2.45) is 5.92 Å². The van der Waals surface area contributed by atoms with Crippen molar-refractivity contribution in [2.75, 3.05) is 17.3 Å². The number of sulfone groups is 1. The van der Waals surface area contributed by atoms with Crippen LogP contribution in [0.5, 0.6) is 0 Å². The van der Waals surface area contributed by atoms with Crippen molar-refractivity contribution in [3.05, 3.63) is 5.89 Å². The summed E-state index contributed by atoms with van der Waals surface area (Å²) in [5.41, 5.74) is 0. The quantitative estimate of drug-likeness (QED) is 0.785. The Kier molecular flexibility index (Phi) is 5.49.